The van der Waals surface area contributed by atoms with Gasteiger partial charge in [-0.2, -0.15) is 0 Å². The number of halogens is 1. The molecule has 0 fully saturated rings. The van der Waals surface area contributed by atoms with Gasteiger partial charge in [-0.1, -0.05) is 28.1 Å². The highest BCUT2D eigenvalue weighted by Crippen LogP contribution is 2.27. The summed E-state index contributed by atoms with van der Waals surface area (Å²) in [5.41, 5.74) is 0.481. The predicted molar refractivity (Wildman–Crippen MR) is 127 cm³/mol. The smallest absolute Gasteiger partial charge is 0.261 e. The lowest BCUT2D eigenvalue weighted by Crippen LogP contribution is -2.53. The van der Waals surface area contributed by atoms with Crippen LogP contribution in [0.1, 0.15) is 33.3 Å². The first-order valence-electron chi connectivity index (χ1n) is 10.2. The third kappa shape index (κ3) is 7.75. The van der Waals surface area contributed by atoms with E-state index in [0.717, 1.165) is 10.0 Å². The lowest BCUT2D eigenvalue weighted by molar-refractivity contribution is -0.142. The van der Waals surface area contributed by atoms with E-state index in [0.29, 0.717) is 17.2 Å². The van der Waals surface area contributed by atoms with Gasteiger partial charge < -0.3 is 24.4 Å². The van der Waals surface area contributed by atoms with Crippen LogP contribution in [-0.2, 0) is 16.1 Å². The van der Waals surface area contributed by atoms with Crippen LogP contribution < -0.4 is 19.5 Å². The van der Waals surface area contributed by atoms with E-state index in [-0.39, 0.29) is 25.0 Å². The van der Waals surface area contributed by atoms with Gasteiger partial charge in [-0.25, -0.2) is 0 Å². The third-order valence-corrected chi connectivity index (χ3v) is 5.09. The minimum atomic E-state index is -0.691. The number of rotatable bonds is 9. The number of nitrogens with zero attached hydrogens (tertiary/aromatic N) is 1. The average molecular weight is 507 g/mol. The fraction of sp³-hybridized carbons (Fsp3) is 0.417. The SMILES string of the molecule is COc1cc(OC)cc(OCC(=O)N(Cc2cccc(Br)c2)[C@@H](C)C(=O)NC(C)(C)C)c1. The predicted octanol–water partition coefficient (Wildman–Crippen LogP) is 4.18. The molecule has 0 aliphatic rings. The van der Waals surface area contributed by atoms with Gasteiger partial charge in [-0.15, -0.1) is 0 Å². The van der Waals surface area contributed by atoms with E-state index in [1.54, 1.807) is 39.3 Å². The van der Waals surface area contributed by atoms with Gasteiger partial charge in [-0.05, 0) is 45.4 Å². The Morgan fingerprint density at radius 3 is 2.16 bits per heavy atom. The molecule has 0 bridgehead atoms. The highest BCUT2D eigenvalue weighted by atomic mass is 79.9. The highest BCUT2D eigenvalue weighted by molar-refractivity contribution is 9.10. The Morgan fingerprint density at radius 1 is 1.03 bits per heavy atom. The number of carbonyl (C=O) groups is 2. The van der Waals surface area contributed by atoms with E-state index in [2.05, 4.69) is 21.2 Å². The normalized spacial score (nSPS) is 12.0. The van der Waals surface area contributed by atoms with Crippen molar-refractivity contribution < 1.29 is 23.8 Å². The quantitative estimate of drug-likeness (QED) is 0.551. The summed E-state index contributed by atoms with van der Waals surface area (Å²) in [4.78, 5) is 27.5. The molecule has 32 heavy (non-hydrogen) atoms. The summed E-state index contributed by atoms with van der Waals surface area (Å²) in [6, 6.07) is 12.0. The average Bonchev–Trinajstić information content (AvgIpc) is 2.73. The van der Waals surface area contributed by atoms with Crippen molar-refractivity contribution in [1.82, 2.24) is 10.2 Å². The fourth-order valence-electron chi connectivity index (χ4n) is 2.98. The van der Waals surface area contributed by atoms with Crippen LogP contribution in [0.25, 0.3) is 0 Å². The molecule has 8 heteroatoms. The minimum absolute atomic E-state index is 0.233. The second-order valence-electron chi connectivity index (χ2n) is 8.40. The summed E-state index contributed by atoms with van der Waals surface area (Å²) in [5.74, 6) is 0.988. The largest absolute Gasteiger partial charge is 0.496 e. The summed E-state index contributed by atoms with van der Waals surface area (Å²) in [6.07, 6.45) is 0. The molecule has 2 aromatic rings. The molecule has 2 aromatic carbocycles. The summed E-state index contributed by atoms with van der Waals surface area (Å²) in [6.45, 7) is 7.44. The maximum absolute atomic E-state index is 13.2. The van der Waals surface area contributed by atoms with Crippen LogP contribution in [0, 0.1) is 0 Å². The zero-order valence-corrected chi connectivity index (χ0v) is 21.0. The Kier molecular flexibility index (Phi) is 8.95. The molecule has 0 aliphatic heterocycles. The first-order valence-corrected chi connectivity index (χ1v) is 11.0. The van der Waals surface area contributed by atoms with Gasteiger partial charge in [0, 0.05) is 34.8 Å². The zero-order valence-electron chi connectivity index (χ0n) is 19.4. The van der Waals surface area contributed by atoms with Crippen LogP contribution in [0.3, 0.4) is 0 Å². The van der Waals surface area contributed by atoms with Crippen molar-refractivity contribution in [3.8, 4) is 17.2 Å². The lowest BCUT2D eigenvalue weighted by Gasteiger charge is -2.31. The first kappa shape index (κ1) is 25.5. The molecule has 0 aromatic heterocycles. The van der Waals surface area contributed by atoms with Crippen molar-refractivity contribution in [2.75, 3.05) is 20.8 Å². The molecule has 0 heterocycles. The van der Waals surface area contributed by atoms with Crippen LogP contribution in [0.15, 0.2) is 46.9 Å². The standard InChI is InChI=1S/C24H31BrN2O5/c1-16(23(29)26-24(2,3)4)27(14-17-8-7-9-18(25)10-17)22(28)15-32-21-12-19(30-5)11-20(13-21)31-6/h7-13,16H,14-15H2,1-6H3,(H,26,29)/t16-/m0/s1. The first-order chi connectivity index (χ1) is 15.0. The molecule has 2 amide bonds. The number of hydrogen-bond donors (Lipinski definition) is 1. The number of nitrogens with one attached hydrogen (secondary N) is 1. The van der Waals surface area contributed by atoms with E-state index in [9.17, 15) is 9.59 Å². The monoisotopic (exact) mass is 506 g/mol. The van der Waals surface area contributed by atoms with Crippen LogP contribution in [0.2, 0.25) is 0 Å². The topological polar surface area (TPSA) is 77.1 Å². The molecule has 1 N–H and O–H groups in total. The molecule has 7 nitrogen and oxygen atoms in total. The van der Waals surface area contributed by atoms with Gasteiger partial charge in [0.05, 0.1) is 14.2 Å². The van der Waals surface area contributed by atoms with Crippen molar-refractivity contribution in [3.63, 3.8) is 0 Å². The second-order valence-corrected chi connectivity index (χ2v) is 9.32. The molecule has 0 radical (unpaired) electrons. The van der Waals surface area contributed by atoms with Gasteiger partial charge in [0.1, 0.15) is 23.3 Å². The van der Waals surface area contributed by atoms with E-state index < -0.39 is 11.6 Å². The number of hydrogen-bond acceptors (Lipinski definition) is 5. The zero-order chi connectivity index (χ0) is 23.9. The van der Waals surface area contributed by atoms with Gasteiger partial charge in [-0.3, -0.25) is 9.59 Å². The molecule has 0 spiro atoms. The Bertz CT molecular complexity index is 920. The maximum atomic E-state index is 13.2. The van der Waals surface area contributed by atoms with Crippen molar-refractivity contribution >= 4 is 27.7 Å². The minimum Gasteiger partial charge on any atom is -0.496 e. The number of methoxy groups -OCH3 is 2. The molecule has 0 saturated heterocycles. The molecular formula is C24H31BrN2O5. The second kappa shape index (κ2) is 11.2. The van der Waals surface area contributed by atoms with Crippen LogP contribution >= 0.6 is 15.9 Å². The van der Waals surface area contributed by atoms with Gasteiger partial charge in [0.2, 0.25) is 5.91 Å². The van der Waals surface area contributed by atoms with Crippen molar-refractivity contribution in [2.45, 2.75) is 45.8 Å². The van der Waals surface area contributed by atoms with Gasteiger partial charge in [0.25, 0.3) is 5.91 Å². The number of carbonyl (C=O) groups excluding carboxylic acids is 2. The van der Waals surface area contributed by atoms with E-state index >= 15 is 0 Å². The fourth-order valence-corrected chi connectivity index (χ4v) is 3.43. The van der Waals surface area contributed by atoms with E-state index in [1.807, 2.05) is 45.0 Å². The summed E-state index contributed by atoms with van der Waals surface area (Å²) in [7, 11) is 3.08. The molecule has 0 aliphatic carbocycles. The number of benzene rings is 2. The Hall–Kier alpha value is -2.74. The van der Waals surface area contributed by atoms with Crippen LogP contribution in [0.4, 0.5) is 0 Å². The van der Waals surface area contributed by atoms with Gasteiger partial charge in [0.15, 0.2) is 6.61 Å². The van der Waals surface area contributed by atoms with Crippen molar-refractivity contribution in [3.05, 3.63) is 52.5 Å². The molecule has 174 valence electrons. The van der Waals surface area contributed by atoms with Crippen LogP contribution in [0.5, 0.6) is 17.2 Å². The summed E-state index contributed by atoms with van der Waals surface area (Å²) >= 11 is 3.45. The Balaban J connectivity index is 2.22. The molecule has 1 atom stereocenters. The molecule has 2 rings (SSSR count). The maximum Gasteiger partial charge on any atom is 0.261 e. The summed E-state index contributed by atoms with van der Waals surface area (Å²) in [5, 5.41) is 2.94. The summed E-state index contributed by atoms with van der Waals surface area (Å²) < 4.78 is 17.1. The van der Waals surface area contributed by atoms with Gasteiger partial charge >= 0.3 is 0 Å². The van der Waals surface area contributed by atoms with Crippen molar-refractivity contribution in [1.29, 1.82) is 0 Å². The van der Waals surface area contributed by atoms with E-state index in [4.69, 9.17) is 14.2 Å². The Morgan fingerprint density at radius 2 is 1.62 bits per heavy atom. The number of ether oxygens (including phenoxy) is 3. The van der Waals surface area contributed by atoms with Crippen molar-refractivity contribution in [2.24, 2.45) is 0 Å². The van der Waals surface area contributed by atoms with Crippen LogP contribution in [-0.4, -0.2) is 49.1 Å². The number of amides is 2. The third-order valence-electron chi connectivity index (χ3n) is 4.59. The lowest BCUT2D eigenvalue weighted by atomic mass is 10.1. The molecular weight excluding hydrogens is 476 g/mol. The molecule has 0 saturated carbocycles. The Labute approximate surface area is 198 Å². The molecule has 0 unspecified atom stereocenters. The van der Waals surface area contributed by atoms with E-state index in [1.165, 1.54) is 4.90 Å². The highest BCUT2D eigenvalue weighted by Gasteiger charge is 2.28.